The lowest BCUT2D eigenvalue weighted by atomic mass is 10.1. The van der Waals surface area contributed by atoms with Crippen molar-refractivity contribution in [1.82, 2.24) is 10.3 Å². The number of aromatic nitrogens is 1. The van der Waals surface area contributed by atoms with Crippen molar-refractivity contribution < 1.29 is 4.79 Å². The van der Waals surface area contributed by atoms with Crippen molar-refractivity contribution >= 4 is 17.2 Å². The summed E-state index contributed by atoms with van der Waals surface area (Å²) in [6.07, 6.45) is 0. The maximum absolute atomic E-state index is 11.9. The molecule has 0 radical (unpaired) electrons. The van der Waals surface area contributed by atoms with Gasteiger partial charge in [0, 0.05) is 23.5 Å². The summed E-state index contributed by atoms with van der Waals surface area (Å²) in [5, 5.41) is 5.45. The van der Waals surface area contributed by atoms with Gasteiger partial charge in [0.1, 0.15) is 10.7 Å². The molecule has 0 spiro atoms. The number of benzene rings is 1. The Balaban J connectivity index is 2.20. The number of carbonyl (C=O) groups excluding carboxylic acids is 1. The van der Waals surface area contributed by atoms with Gasteiger partial charge < -0.3 is 11.1 Å². The topological polar surface area (TPSA) is 68.0 Å². The molecule has 1 aromatic heterocycles. The molecular weight excluding hydrogens is 258 g/mol. The molecule has 5 heteroatoms. The van der Waals surface area contributed by atoms with E-state index in [0.717, 1.165) is 16.1 Å². The standard InChI is InChI=1S/C14H17N3OS/c1-9-5-3-4-6-11(9)14-17-12(8-19-14)13(18)16-10(2)7-15/h3-6,8,10H,7,15H2,1-2H3,(H,16,18)/t10-/m0/s1. The monoisotopic (exact) mass is 275 g/mol. The number of nitrogens with one attached hydrogen (secondary N) is 1. The normalized spacial score (nSPS) is 12.2. The van der Waals surface area contributed by atoms with E-state index in [2.05, 4.69) is 10.3 Å². The molecule has 0 aliphatic heterocycles. The number of thiazole rings is 1. The molecule has 100 valence electrons. The van der Waals surface area contributed by atoms with E-state index in [4.69, 9.17) is 5.73 Å². The highest BCUT2D eigenvalue weighted by Gasteiger charge is 2.14. The molecule has 0 saturated heterocycles. The fourth-order valence-electron chi connectivity index (χ4n) is 1.67. The van der Waals surface area contributed by atoms with Crippen molar-refractivity contribution in [2.24, 2.45) is 5.73 Å². The first kappa shape index (κ1) is 13.7. The van der Waals surface area contributed by atoms with E-state index in [-0.39, 0.29) is 11.9 Å². The Morgan fingerprint density at radius 3 is 2.89 bits per heavy atom. The molecule has 0 unspecified atom stereocenters. The third kappa shape index (κ3) is 3.19. The molecule has 0 aliphatic rings. The number of rotatable bonds is 4. The number of nitrogens with zero attached hydrogens (tertiary/aromatic N) is 1. The van der Waals surface area contributed by atoms with Gasteiger partial charge in [-0.05, 0) is 19.4 Å². The summed E-state index contributed by atoms with van der Waals surface area (Å²) in [5.41, 5.74) is 8.15. The number of aryl methyl sites for hydroxylation is 1. The number of nitrogens with two attached hydrogens (primary N) is 1. The van der Waals surface area contributed by atoms with Crippen LogP contribution in [0.25, 0.3) is 10.6 Å². The Labute approximate surface area is 116 Å². The predicted molar refractivity (Wildman–Crippen MR) is 78.3 cm³/mol. The van der Waals surface area contributed by atoms with E-state index in [1.54, 1.807) is 5.38 Å². The van der Waals surface area contributed by atoms with E-state index >= 15 is 0 Å². The average molecular weight is 275 g/mol. The summed E-state index contributed by atoms with van der Waals surface area (Å²) in [7, 11) is 0. The van der Waals surface area contributed by atoms with E-state index in [1.807, 2.05) is 38.1 Å². The van der Waals surface area contributed by atoms with E-state index in [0.29, 0.717) is 12.2 Å². The zero-order valence-electron chi connectivity index (χ0n) is 11.0. The van der Waals surface area contributed by atoms with Crippen LogP contribution in [0.15, 0.2) is 29.6 Å². The molecule has 19 heavy (non-hydrogen) atoms. The molecule has 2 aromatic rings. The Hall–Kier alpha value is -1.72. The molecule has 1 heterocycles. The molecule has 0 saturated carbocycles. The van der Waals surface area contributed by atoms with E-state index < -0.39 is 0 Å². The number of hydrogen-bond acceptors (Lipinski definition) is 4. The molecule has 2 rings (SSSR count). The quantitative estimate of drug-likeness (QED) is 0.898. The van der Waals surface area contributed by atoms with Crippen LogP contribution in [-0.4, -0.2) is 23.5 Å². The van der Waals surface area contributed by atoms with Gasteiger partial charge in [-0.15, -0.1) is 11.3 Å². The molecule has 0 aliphatic carbocycles. The second-order valence-electron chi connectivity index (χ2n) is 4.46. The third-order valence-electron chi connectivity index (χ3n) is 2.84. The zero-order chi connectivity index (χ0) is 13.8. The summed E-state index contributed by atoms with van der Waals surface area (Å²) < 4.78 is 0. The summed E-state index contributed by atoms with van der Waals surface area (Å²) in [5.74, 6) is -0.172. The van der Waals surface area contributed by atoms with Gasteiger partial charge in [0.15, 0.2) is 0 Å². The van der Waals surface area contributed by atoms with Gasteiger partial charge >= 0.3 is 0 Å². The lowest BCUT2D eigenvalue weighted by Gasteiger charge is -2.09. The molecule has 1 amide bonds. The van der Waals surface area contributed by atoms with Crippen molar-refractivity contribution in [2.75, 3.05) is 6.54 Å². The SMILES string of the molecule is Cc1ccccc1-c1nc(C(=O)N[C@@H](C)CN)cs1. The van der Waals surface area contributed by atoms with Gasteiger partial charge in [0.2, 0.25) is 0 Å². The second kappa shape index (κ2) is 5.95. The van der Waals surface area contributed by atoms with Crippen molar-refractivity contribution in [3.8, 4) is 10.6 Å². The lowest BCUT2D eigenvalue weighted by Crippen LogP contribution is -2.37. The molecule has 1 aromatic carbocycles. The highest BCUT2D eigenvalue weighted by molar-refractivity contribution is 7.13. The molecule has 4 nitrogen and oxygen atoms in total. The van der Waals surface area contributed by atoms with Crippen LogP contribution >= 0.6 is 11.3 Å². The van der Waals surface area contributed by atoms with Crippen LogP contribution < -0.4 is 11.1 Å². The van der Waals surface area contributed by atoms with Gasteiger partial charge in [0.05, 0.1) is 0 Å². The Morgan fingerprint density at radius 1 is 1.47 bits per heavy atom. The van der Waals surface area contributed by atoms with E-state index in [1.165, 1.54) is 11.3 Å². The smallest absolute Gasteiger partial charge is 0.271 e. The largest absolute Gasteiger partial charge is 0.347 e. The minimum absolute atomic E-state index is 0.0453. The van der Waals surface area contributed by atoms with Gasteiger partial charge in [0.25, 0.3) is 5.91 Å². The molecular formula is C14H17N3OS. The van der Waals surface area contributed by atoms with Crippen molar-refractivity contribution in [3.63, 3.8) is 0 Å². The van der Waals surface area contributed by atoms with Crippen molar-refractivity contribution in [3.05, 3.63) is 40.9 Å². The summed E-state index contributed by atoms with van der Waals surface area (Å²) >= 11 is 1.48. The Morgan fingerprint density at radius 2 is 2.21 bits per heavy atom. The van der Waals surface area contributed by atoms with Crippen LogP contribution in [0.2, 0.25) is 0 Å². The van der Waals surface area contributed by atoms with Crippen LogP contribution in [0.5, 0.6) is 0 Å². The molecule has 0 bridgehead atoms. The molecule has 0 fully saturated rings. The second-order valence-corrected chi connectivity index (χ2v) is 5.32. The Bertz CT molecular complexity index is 580. The summed E-state index contributed by atoms with van der Waals surface area (Å²) in [4.78, 5) is 16.3. The van der Waals surface area contributed by atoms with E-state index in [9.17, 15) is 4.79 Å². The average Bonchev–Trinajstić information content (AvgIpc) is 2.88. The Kier molecular flexibility index (Phi) is 4.29. The van der Waals surface area contributed by atoms with Crippen LogP contribution in [-0.2, 0) is 0 Å². The number of carbonyl (C=O) groups is 1. The zero-order valence-corrected chi connectivity index (χ0v) is 11.8. The highest BCUT2D eigenvalue weighted by atomic mass is 32.1. The van der Waals surface area contributed by atoms with Crippen LogP contribution in [0.4, 0.5) is 0 Å². The minimum atomic E-state index is -0.172. The maximum atomic E-state index is 11.9. The number of amides is 1. The maximum Gasteiger partial charge on any atom is 0.271 e. The van der Waals surface area contributed by atoms with Gasteiger partial charge in [-0.3, -0.25) is 4.79 Å². The van der Waals surface area contributed by atoms with Crippen LogP contribution in [0, 0.1) is 6.92 Å². The third-order valence-corrected chi connectivity index (χ3v) is 3.72. The van der Waals surface area contributed by atoms with Crippen LogP contribution in [0.1, 0.15) is 23.0 Å². The van der Waals surface area contributed by atoms with Crippen molar-refractivity contribution in [2.45, 2.75) is 19.9 Å². The fourth-order valence-corrected chi connectivity index (χ4v) is 2.56. The minimum Gasteiger partial charge on any atom is -0.347 e. The highest BCUT2D eigenvalue weighted by Crippen LogP contribution is 2.26. The fraction of sp³-hybridized carbons (Fsp3) is 0.286. The van der Waals surface area contributed by atoms with Gasteiger partial charge in [-0.25, -0.2) is 4.98 Å². The van der Waals surface area contributed by atoms with Gasteiger partial charge in [-0.2, -0.15) is 0 Å². The van der Waals surface area contributed by atoms with Crippen LogP contribution in [0.3, 0.4) is 0 Å². The van der Waals surface area contributed by atoms with Crippen molar-refractivity contribution in [1.29, 1.82) is 0 Å². The summed E-state index contributed by atoms with van der Waals surface area (Å²) in [6, 6.07) is 7.96. The van der Waals surface area contributed by atoms with Gasteiger partial charge in [-0.1, -0.05) is 24.3 Å². The number of hydrogen-bond donors (Lipinski definition) is 2. The lowest BCUT2D eigenvalue weighted by molar-refractivity contribution is 0.0937. The first-order valence-corrected chi connectivity index (χ1v) is 7.02. The first-order valence-electron chi connectivity index (χ1n) is 6.14. The molecule has 1 atom stereocenters. The molecule has 3 N–H and O–H groups in total. The first-order chi connectivity index (χ1) is 9.11. The summed E-state index contributed by atoms with van der Waals surface area (Å²) in [6.45, 7) is 4.32. The predicted octanol–water partition coefficient (Wildman–Crippen LogP) is 2.20.